The Hall–Kier alpha value is -2.15. The van der Waals surface area contributed by atoms with Gasteiger partial charge < -0.3 is 4.42 Å². The summed E-state index contributed by atoms with van der Waals surface area (Å²) in [4.78, 5) is 24.3. The molecule has 0 amide bonds. The molecule has 0 saturated carbocycles. The zero-order chi connectivity index (χ0) is 18.2. The van der Waals surface area contributed by atoms with E-state index in [0.29, 0.717) is 15.4 Å². The van der Waals surface area contributed by atoms with Crippen molar-refractivity contribution in [3.05, 3.63) is 74.6 Å². The number of ketones is 1. The molecule has 5 nitrogen and oxygen atoms in total. The molecule has 0 saturated heterocycles. The van der Waals surface area contributed by atoms with E-state index in [0.717, 1.165) is 0 Å². The minimum absolute atomic E-state index is 0.0570. The van der Waals surface area contributed by atoms with Gasteiger partial charge in [0.1, 0.15) is 16.9 Å². The molecule has 0 spiro atoms. The molecule has 0 fully saturated rings. The summed E-state index contributed by atoms with van der Waals surface area (Å²) in [5.74, 6) is -1.71. The first kappa shape index (κ1) is 17.7. The predicted octanol–water partition coefficient (Wildman–Crippen LogP) is 3.76. The van der Waals surface area contributed by atoms with E-state index in [2.05, 4.69) is 0 Å². The molecule has 0 bridgehead atoms. The Morgan fingerprint density at radius 3 is 2.28 bits per heavy atom. The highest BCUT2D eigenvalue weighted by molar-refractivity contribution is 7.92. The molecule has 3 aromatic rings. The lowest BCUT2D eigenvalue weighted by Gasteiger charge is -2.05. The summed E-state index contributed by atoms with van der Waals surface area (Å²) in [7, 11) is -3.92. The predicted molar refractivity (Wildman–Crippen MR) is 95.3 cm³/mol. The Balaban J connectivity index is 1.98. The average molecular weight is 397 g/mol. The van der Waals surface area contributed by atoms with Crippen LogP contribution in [-0.2, 0) is 9.84 Å². The molecular formula is C17H10Cl2O5S. The van der Waals surface area contributed by atoms with Crippen molar-refractivity contribution in [2.75, 3.05) is 5.75 Å². The van der Waals surface area contributed by atoms with Gasteiger partial charge in [-0.25, -0.2) is 13.2 Å². The van der Waals surface area contributed by atoms with Crippen LogP contribution < -0.4 is 5.63 Å². The molecule has 8 heteroatoms. The van der Waals surface area contributed by atoms with Gasteiger partial charge in [0.25, 0.3) is 0 Å². The number of benzene rings is 2. The number of hydrogen-bond acceptors (Lipinski definition) is 5. The fourth-order valence-corrected chi connectivity index (χ4v) is 3.79. The molecule has 0 atom stereocenters. The highest BCUT2D eigenvalue weighted by Gasteiger charge is 2.23. The maximum Gasteiger partial charge on any atom is 0.347 e. The first-order valence-electron chi connectivity index (χ1n) is 7.01. The van der Waals surface area contributed by atoms with Crippen molar-refractivity contribution in [3.63, 3.8) is 0 Å². The number of carbonyl (C=O) groups is 1. The van der Waals surface area contributed by atoms with E-state index in [9.17, 15) is 18.0 Å². The van der Waals surface area contributed by atoms with Crippen molar-refractivity contribution in [1.82, 2.24) is 0 Å². The zero-order valence-corrected chi connectivity index (χ0v) is 14.9. The summed E-state index contributed by atoms with van der Waals surface area (Å²) in [6.45, 7) is 0. The molecule has 128 valence electrons. The molecule has 3 rings (SSSR count). The van der Waals surface area contributed by atoms with Gasteiger partial charge in [0.2, 0.25) is 0 Å². The second kappa shape index (κ2) is 6.63. The molecule has 0 aliphatic heterocycles. The topological polar surface area (TPSA) is 81.4 Å². The number of sulfone groups is 1. The molecule has 25 heavy (non-hydrogen) atoms. The number of halogens is 2. The summed E-state index contributed by atoms with van der Waals surface area (Å²) >= 11 is 11.6. The summed E-state index contributed by atoms with van der Waals surface area (Å²) in [5.41, 5.74) is -0.982. The lowest BCUT2D eigenvalue weighted by molar-refractivity contribution is 0.101. The third kappa shape index (κ3) is 3.76. The van der Waals surface area contributed by atoms with Crippen molar-refractivity contribution < 1.29 is 17.6 Å². The second-order valence-electron chi connectivity index (χ2n) is 5.27. The van der Waals surface area contributed by atoms with Crippen molar-refractivity contribution in [1.29, 1.82) is 0 Å². The molecule has 0 aliphatic carbocycles. The van der Waals surface area contributed by atoms with Gasteiger partial charge in [-0.1, -0.05) is 23.2 Å². The number of hydrogen-bond donors (Lipinski definition) is 0. The van der Waals surface area contributed by atoms with Gasteiger partial charge in [0.15, 0.2) is 15.6 Å². The molecule has 0 radical (unpaired) electrons. The third-order valence-electron chi connectivity index (χ3n) is 3.49. The molecule has 2 aromatic carbocycles. The van der Waals surface area contributed by atoms with Gasteiger partial charge >= 0.3 is 5.63 Å². The van der Waals surface area contributed by atoms with E-state index < -0.39 is 27.0 Å². The quantitative estimate of drug-likeness (QED) is 0.495. The molecular weight excluding hydrogens is 387 g/mol. The molecule has 0 N–H and O–H groups in total. The van der Waals surface area contributed by atoms with Crippen LogP contribution in [0.25, 0.3) is 11.0 Å². The van der Waals surface area contributed by atoms with E-state index in [4.69, 9.17) is 27.6 Å². The Morgan fingerprint density at radius 2 is 1.60 bits per heavy atom. The monoisotopic (exact) mass is 396 g/mol. The third-order valence-corrected chi connectivity index (χ3v) is 5.61. The van der Waals surface area contributed by atoms with Gasteiger partial charge in [0.05, 0.1) is 4.90 Å². The summed E-state index contributed by atoms with van der Waals surface area (Å²) < 4.78 is 29.7. The highest BCUT2D eigenvalue weighted by Crippen LogP contribution is 2.20. The summed E-state index contributed by atoms with van der Waals surface area (Å²) in [6.07, 6.45) is 0. The van der Waals surface area contributed by atoms with Crippen molar-refractivity contribution in [2.24, 2.45) is 0 Å². The highest BCUT2D eigenvalue weighted by atomic mass is 35.5. The lowest BCUT2D eigenvalue weighted by Crippen LogP contribution is -2.22. The number of carbonyl (C=O) groups excluding carboxylic acids is 1. The first-order chi connectivity index (χ1) is 11.8. The standard InChI is InChI=1S/C17H10Cl2O5S/c18-11-1-4-13(5-2-11)25(22,23)9-15(20)14-8-10-7-12(19)3-6-16(10)24-17(14)21/h1-8H,9H2. The van der Waals surface area contributed by atoms with Gasteiger partial charge in [-0.05, 0) is 48.5 Å². The van der Waals surface area contributed by atoms with Gasteiger partial charge in [0, 0.05) is 15.4 Å². The molecule has 0 aliphatic rings. The second-order valence-corrected chi connectivity index (χ2v) is 8.13. The van der Waals surface area contributed by atoms with E-state index in [-0.39, 0.29) is 16.0 Å². The van der Waals surface area contributed by atoms with E-state index in [1.54, 1.807) is 6.07 Å². The van der Waals surface area contributed by atoms with Gasteiger partial charge in [-0.15, -0.1) is 0 Å². The van der Waals surface area contributed by atoms with Crippen LogP contribution in [0.3, 0.4) is 0 Å². The van der Waals surface area contributed by atoms with E-state index in [1.807, 2.05) is 0 Å². The fraction of sp³-hybridized carbons (Fsp3) is 0.0588. The van der Waals surface area contributed by atoms with Crippen molar-refractivity contribution in [2.45, 2.75) is 4.90 Å². The van der Waals surface area contributed by atoms with Crippen molar-refractivity contribution in [3.8, 4) is 0 Å². The molecule has 1 aromatic heterocycles. The normalized spacial score (nSPS) is 11.6. The average Bonchev–Trinajstić information content (AvgIpc) is 2.54. The van der Waals surface area contributed by atoms with Crippen LogP contribution in [-0.4, -0.2) is 20.0 Å². The minimum atomic E-state index is -3.92. The lowest BCUT2D eigenvalue weighted by atomic mass is 10.1. The van der Waals surface area contributed by atoms with E-state index in [1.165, 1.54) is 42.5 Å². The maximum atomic E-state index is 12.4. The number of fused-ring (bicyclic) bond motifs is 1. The number of Topliss-reactive ketones (excluding diaryl/α,β-unsaturated/α-hetero) is 1. The van der Waals surface area contributed by atoms with Crippen LogP contribution in [0.1, 0.15) is 10.4 Å². The Labute approximate surface area is 152 Å². The van der Waals surface area contributed by atoms with Crippen LogP contribution in [0.5, 0.6) is 0 Å². The van der Waals surface area contributed by atoms with Crippen molar-refractivity contribution >= 4 is 49.8 Å². The van der Waals surface area contributed by atoms with Crippen LogP contribution in [0.2, 0.25) is 10.0 Å². The van der Waals surface area contributed by atoms with Crippen LogP contribution in [0.15, 0.2) is 62.6 Å². The Kier molecular flexibility index (Phi) is 4.69. The van der Waals surface area contributed by atoms with Gasteiger partial charge in [-0.3, -0.25) is 4.79 Å². The minimum Gasteiger partial charge on any atom is -0.422 e. The van der Waals surface area contributed by atoms with Crippen LogP contribution in [0.4, 0.5) is 0 Å². The van der Waals surface area contributed by atoms with E-state index >= 15 is 0 Å². The van der Waals surface area contributed by atoms with Crippen LogP contribution in [0, 0.1) is 0 Å². The smallest absolute Gasteiger partial charge is 0.347 e. The Morgan fingerprint density at radius 1 is 0.960 bits per heavy atom. The molecule has 1 heterocycles. The summed E-state index contributed by atoms with van der Waals surface area (Å²) in [5, 5.41) is 1.20. The summed E-state index contributed by atoms with van der Waals surface area (Å²) in [6, 6.07) is 11.3. The fourth-order valence-electron chi connectivity index (χ4n) is 2.26. The first-order valence-corrected chi connectivity index (χ1v) is 9.42. The largest absolute Gasteiger partial charge is 0.422 e. The van der Waals surface area contributed by atoms with Crippen LogP contribution >= 0.6 is 23.2 Å². The molecule has 0 unspecified atom stereocenters. The maximum absolute atomic E-state index is 12.4. The number of rotatable bonds is 4. The van der Waals surface area contributed by atoms with Gasteiger partial charge in [-0.2, -0.15) is 0 Å². The Bertz CT molecular complexity index is 1130. The SMILES string of the molecule is O=C(CS(=O)(=O)c1ccc(Cl)cc1)c1cc2cc(Cl)ccc2oc1=O. The zero-order valence-electron chi connectivity index (χ0n) is 12.5.